The van der Waals surface area contributed by atoms with Crippen molar-refractivity contribution in [2.24, 2.45) is 5.92 Å². The fourth-order valence-electron chi connectivity index (χ4n) is 2.08. The van der Waals surface area contributed by atoms with E-state index in [-0.39, 0.29) is 18.7 Å². The number of rotatable bonds is 7. The predicted octanol–water partition coefficient (Wildman–Crippen LogP) is 3.26. The third-order valence-electron chi connectivity index (χ3n) is 3.18. The maximum absolute atomic E-state index is 12.2. The van der Waals surface area contributed by atoms with Gasteiger partial charge in [0.05, 0.1) is 0 Å². The van der Waals surface area contributed by atoms with Gasteiger partial charge in [0.2, 0.25) is 6.54 Å². The molecule has 1 atom stereocenters. The molecule has 5 nitrogen and oxygen atoms in total. The number of pyridine rings is 1. The number of aromatic nitrogens is 1. The van der Waals surface area contributed by atoms with Crippen molar-refractivity contribution < 1.29 is 9.72 Å². The summed E-state index contributed by atoms with van der Waals surface area (Å²) in [5.74, 6) is -0.583. The van der Waals surface area contributed by atoms with Gasteiger partial charge in [0.1, 0.15) is 0 Å². The molecule has 0 amide bonds. The zero-order valence-electron chi connectivity index (χ0n) is 12.0. The molecule has 0 N–H and O–H groups in total. The van der Waals surface area contributed by atoms with Crippen LogP contribution in [0.2, 0.25) is 0 Å². The fourth-order valence-corrected chi connectivity index (χ4v) is 2.08. The van der Waals surface area contributed by atoms with Gasteiger partial charge in [-0.1, -0.05) is 42.5 Å². The first-order valence-electron chi connectivity index (χ1n) is 6.93. The third-order valence-corrected chi connectivity index (χ3v) is 3.18. The quantitative estimate of drug-likeness (QED) is 0.446. The Labute approximate surface area is 128 Å². The number of nitro groups is 1. The average molecular weight is 296 g/mol. The molecule has 0 saturated heterocycles. The van der Waals surface area contributed by atoms with Gasteiger partial charge in [0.25, 0.3) is 0 Å². The number of nitrogens with zero attached hydrogens (tertiary/aromatic N) is 2. The van der Waals surface area contributed by atoms with E-state index in [2.05, 4.69) is 4.98 Å². The molecule has 0 aliphatic rings. The first-order chi connectivity index (χ1) is 10.6. The summed E-state index contributed by atoms with van der Waals surface area (Å²) >= 11 is 0. The molecule has 0 bridgehead atoms. The summed E-state index contributed by atoms with van der Waals surface area (Å²) < 4.78 is 0. The minimum absolute atomic E-state index is 0.0933. The smallest absolute Gasteiger partial charge is 0.210 e. The number of carbonyl (C=O) groups excluding carboxylic acids is 1. The predicted molar refractivity (Wildman–Crippen MR) is 84.0 cm³/mol. The van der Waals surface area contributed by atoms with Crippen molar-refractivity contribution in [1.82, 2.24) is 4.98 Å². The van der Waals surface area contributed by atoms with E-state index in [1.165, 1.54) is 6.20 Å². The minimum atomic E-state index is -0.442. The van der Waals surface area contributed by atoms with E-state index in [9.17, 15) is 14.9 Å². The van der Waals surface area contributed by atoms with E-state index in [1.54, 1.807) is 24.4 Å². The van der Waals surface area contributed by atoms with Gasteiger partial charge >= 0.3 is 0 Å². The lowest BCUT2D eigenvalue weighted by Crippen LogP contribution is -2.16. The third kappa shape index (κ3) is 4.94. The Balaban J connectivity index is 2.08. The number of Topliss-reactive ketones (excluding diaryl/α,β-unsaturated/α-hetero) is 1. The van der Waals surface area contributed by atoms with Crippen LogP contribution in [0.1, 0.15) is 22.3 Å². The normalized spacial score (nSPS) is 12.2. The van der Waals surface area contributed by atoms with Crippen LogP contribution in [-0.4, -0.2) is 22.2 Å². The minimum Gasteiger partial charge on any atom is -0.294 e. The monoisotopic (exact) mass is 296 g/mol. The topological polar surface area (TPSA) is 73.1 Å². The highest BCUT2D eigenvalue weighted by molar-refractivity contribution is 5.96. The van der Waals surface area contributed by atoms with E-state index in [0.717, 1.165) is 5.56 Å². The Bertz CT molecular complexity index is 654. The second-order valence-corrected chi connectivity index (χ2v) is 4.91. The molecule has 1 heterocycles. The van der Waals surface area contributed by atoms with Gasteiger partial charge in [-0.05, 0) is 17.7 Å². The second kappa shape index (κ2) is 7.83. The molecule has 0 aliphatic carbocycles. The Morgan fingerprint density at radius 2 is 2.00 bits per heavy atom. The first kappa shape index (κ1) is 15.6. The van der Waals surface area contributed by atoms with Crippen LogP contribution in [0.4, 0.5) is 0 Å². The van der Waals surface area contributed by atoms with E-state index >= 15 is 0 Å². The summed E-state index contributed by atoms with van der Waals surface area (Å²) in [5.41, 5.74) is 1.42. The van der Waals surface area contributed by atoms with E-state index < -0.39 is 10.8 Å². The van der Waals surface area contributed by atoms with Gasteiger partial charge in [-0.25, -0.2) is 0 Å². The molecule has 0 saturated carbocycles. The summed E-state index contributed by atoms with van der Waals surface area (Å²) in [6.45, 7) is -0.269. The number of benzene rings is 1. The zero-order chi connectivity index (χ0) is 15.8. The van der Waals surface area contributed by atoms with Crippen molar-refractivity contribution >= 4 is 11.9 Å². The van der Waals surface area contributed by atoms with Gasteiger partial charge < -0.3 is 0 Å². The maximum atomic E-state index is 12.2. The van der Waals surface area contributed by atoms with Crippen LogP contribution in [0.3, 0.4) is 0 Å². The molecule has 5 heteroatoms. The summed E-state index contributed by atoms with van der Waals surface area (Å²) in [4.78, 5) is 26.4. The Morgan fingerprint density at radius 1 is 1.23 bits per heavy atom. The van der Waals surface area contributed by atoms with Crippen molar-refractivity contribution in [3.63, 3.8) is 0 Å². The lowest BCUT2D eigenvalue weighted by molar-refractivity contribution is -0.485. The van der Waals surface area contributed by atoms with Crippen LogP contribution in [0.15, 0.2) is 60.9 Å². The summed E-state index contributed by atoms with van der Waals surface area (Å²) in [6.07, 6.45) is 6.69. The molecule has 0 aliphatic heterocycles. The Hall–Kier alpha value is -2.82. The average Bonchev–Trinajstić information content (AvgIpc) is 2.54. The van der Waals surface area contributed by atoms with Crippen LogP contribution in [-0.2, 0) is 0 Å². The van der Waals surface area contributed by atoms with E-state index in [0.29, 0.717) is 5.56 Å². The molecular weight excluding hydrogens is 280 g/mol. The van der Waals surface area contributed by atoms with Crippen molar-refractivity contribution in [2.75, 3.05) is 6.54 Å². The van der Waals surface area contributed by atoms with E-state index in [4.69, 9.17) is 0 Å². The van der Waals surface area contributed by atoms with Crippen LogP contribution in [0.5, 0.6) is 0 Å². The second-order valence-electron chi connectivity index (χ2n) is 4.91. The Kier molecular flexibility index (Phi) is 5.54. The highest BCUT2D eigenvalue weighted by Gasteiger charge is 2.17. The van der Waals surface area contributed by atoms with Crippen LogP contribution >= 0.6 is 0 Å². The van der Waals surface area contributed by atoms with Crippen LogP contribution in [0, 0.1) is 16.0 Å². The first-order valence-corrected chi connectivity index (χ1v) is 6.93. The highest BCUT2D eigenvalue weighted by Crippen LogP contribution is 2.13. The number of hydrogen-bond donors (Lipinski definition) is 0. The molecule has 2 aromatic rings. The molecule has 0 fully saturated rings. The van der Waals surface area contributed by atoms with Gasteiger partial charge in [-0.2, -0.15) is 0 Å². The van der Waals surface area contributed by atoms with Crippen LogP contribution < -0.4 is 0 Å². The lowest BCUT2D eigenvalue weighted by Gasteiger charge is -2.07. The number of carbonyl (C=O) groups is 1. The highest BCUT2D eigenvalue weighted by atomic mass is 16.6. The van der Waals surface area contributed by atoms with Gasteiger partial charge in [-0.15, -0.1) is 0 Å². The molecule has 1 unspecified atom stereocenters. The zero-order valence-corrected chi connectivity index (χ0v) is 12.0. The molecule has 22 heavy (non-hydrogen) atoms. The molecule has 0 spiro atoms. The van der Waals surface area contributed by atoms with Crippen molar-refractivity contribution in [2.45, 2.75) is 6.42 Å². The van der Waals surface area contributed by atoms with Gasteiger partial charge in [0.15, 0.2) is 5.78 Å². The summed E-state index contributed by atoms with van der Waals surface area (Å²) in [7, 11) is 0. The lowest BCUT2D eigenvalue weighted by atomic mass is 9.98. The Morgan fingerprint density at radius 3 is 2.64 bits per heavy atom. The molecule has 112 valence electrons. The summed E-state index contributed by atoms with van der Waals surface area (Å²) in [6, 6.07) is 12.8. The van der Waals surface area contributed by atoms with Crippen molar-refractivity contribution in [1.29, 1.82) is 0 Å². The molecule has 1 aromatic carbocycles. The standard InChI is InChI=1S/C17H16N2O3/c20-17(16-7-4-10-18-12-16)11-15(13-19(21)22)9-8-14-5-2-1-3-6-14/h1-10,12,15H,11,13H2/b9-8+. The maximum Gasteiger partial charge on any atom is 0.210 e. The number of hydrogen-bond acceptors (Lipinski definition) is 4. The van der Waals surface area contributed by atoms with E-state index in [1.807, 2.05) is 36.4 Å². The molecule has 1 aromatic heterocycles. The SMILES string of the molecule is O=C(CC(/C=C/c1ccccc1)C[N+](=O)[O-])c1cccnc1. The fraction of sp³-hybridized carbons (Fsp3) is 0.176. The largest absolute Gasteiger partial charge is 0.294 e. The summed E-state index contributed by atoms with van der Waals surface area (Å²) in [5, 5.41) is 10.8. The van der Waals surface area contributed by atoms with Gasteiger partial charge in [-0.3, -0.25) is 19.9 Å². The molecular formula is C17H16N2O3. The number of ketones is 1. The molecule has 0 radical (unpaired) electrons. The molecule has 2 rings (SSSR count). The van der Waals surface area contributed by atoms with Crippen molar-refractivity contribution in [3.05, 3.63) is 82.2 Å². The van der Waals surface area contributed by atoms with Crippen LogP contribution in [0.25, 0.3) is 6.08 Å². The van der Waals surface area contributed by atoms with Gasteiger partial charge in [0, 0.05) is 35.2 Å². The van der Waals surface area contributed by atoms with Crippen molar-refractivity contribution in [3.8, 4) is 0 Å².